The van der Waals surface area contributed by atoms with Crippen molar-refractivity contribution in [1.29, 1.82) is 0 Å². The van der Waals surface area contributed by atoms with Gasteiger partial charge in [0.05, 0.1) is 6.54 Å². The average Bonchev–Trinajstić information content (AvgIpc) is 2.80. The molecule has 0 aromatic carbocycles. The van der Waals surface area contributed by atoms with E-state index >= 15 is 0 Å². The molecule has 0 aromatic heterocycles. The lowest BCUT2D eigenvalue weighted by molar-refractivity contribution is -0.130. The van der Waals surface area contributed by atoms with Crippen LogP contribution in [0.4, 0.5) is 0 Å². The molecule has 2 aliphatic rings. The van der Waals surface area contributed by atoms with Crippen molar-refractivity contribution < 1.29 is 4.79 Å². The minimum absolute atomic E-state index is 0.231. The van der Waals surface area contributed by atoms with Crippen molar-refractivity contribution in [2.24, 2.45) is 5.41 Å². The molecule has 2 rings (SSSR count). The largest absolute Gasteiger partial charge is 0.338 e. The van der Waals surface area contributed by atoms with Gasteiger partial charge in [0.2, 0.25) is 5.91 Å². The zero-order valence-corrected chi connectivity index (χ0v) is 8.47. The van der Waals surface area contributed by atoms with Crippen LogP contribution < -0.4 is 5.32 Å². The third-order valence-corrected chi connectivity index (χ3v) is 2.79. The Morgan fingerprint density at radius 3 is 2.77 bits per heavy atom. The molecule has 0 bridgehead atoms. The van der Waals surface area contributed by atoms with Crippen molar-refractivity contribution in [2.45, 2.75) is 32.7 Å². The lowest BCUT2D eigenvalue weighted by Crippen LogP contribution is -2.39. The number of hydrogen-bond acceptors (Lipinski definition) is 2. The first-order valence-corrected chi connectivity index (χ1v) is 5.09. The Hall–Kier alpha value is -0.570. The number of rotatable bonds is 1. The Bertz CT molecular complexity index is 221. The van der Waals surface area contributed by atoms with Crippen molar-refractivity contribution in [3.63, 3.8) is 0 Å². The summed E-state index contributed by atoms with van der Waals surface area (Å²) in [5.41, 5.74) is 0.231. The third-order valence-electron chi connectivity index (χ3n) is 2.79. The molecule has 1 aliphatic carbocycles. The van der Waals surface area contributed by atoms with Crippen LogP contribution in [0.25, 0.3) is 0 Å². The van der Waals surface area contributed by atoms with E-state index in [1.807, 2.05) is 0 Å². The summed E-state index contributed by atoms with van der Waals surface area (Å²) in [4.78, 5) is 13.7. The second-order valence-corrected chi connectivity index (χ2v) is 5.02. The second-order valence-electron chi connectivity index (χ2n) is 5.02. The van der Waals surface area contributed by atoms with E-state index in [1.54, 1.807) is 0 Å². The fourth-order valence-electron chi connectivity index (χ4n) is 1.93. The van der Waals surface area contributed by atoms with E-state index < -0.39 is 0 Å². The minimum atomic E-state index is 0.231. The van der Waals surface area contributed by atoms with Gasteiger partial charge in [-0.05, 0) is 18.3 Å². The molecule has 1 saturated carbocycles. The fraction of sp³-hybridized carbons (Fsp3) is 0.900. The molecule has 74 valence electrons. The molecule has 0 aromatic rings. The third kappa shape index (κ3) is 2.02. The molecule has 0 radical (unpaired) electrons. The van der Waals surface area contributed by atoms with Gasteiger partial charge in [-0.1, -0.05) is 13.8 Å². The molecule has 3 nitrogen and oxygen atoms in total. The zero-order valence-electron chi connectivity index (χ0n) is 8.47. The predicted molar refractivity (Wildman–Crippen MR) is 51.4 cm³/mol. The highest BCUT2D eigenvalue weighted by Gasteiger charge is 2.37. The number of nitrogens with one attached hydrogen (secondary N) is 1. The van der Waals surface area contributed by atoms with E-state index in [1.165, 1.54) is 12.8 Å². The number of nitrogens with zero attached hydrogens (tertiary/aromatic N) is 1. The van der Waals surface area contributed by atoms with Gasteiger partial charge in [-0.3, -0.25) is 4.79 Å². The number of carbonyl (C=O) groups excluding carboxylic acids is 1. The van der Waals surface area contributed by atoms with Gasteiger partial charge in [0.25, 0.3) is 0 Å². The molecule has 13 heavy (non-hydrogen) atoms. The molecule has 1 N–H and O–H groups in total. The molecule has 1 amide bonds. The first-order chi connectivity index (χ1) is 6.08. The smallest absolute Gasteiger partial charge is 0.236 e. The lowest BCUT2D eigenvalue weighted by Gasteiger charge is -2.29. The second kappa shape index (κ2) is 2.98. The van der Waals surface area contributed by atoms with Gasteiger partial charge in [-0.15, -0.1) is 0 Å². The molecule has 0 atom stereocenters. The molecule has 3 heteroatoms. The van der Waals surface area contributed by atoms with Gasteiger partial charge in [-0.25, -0.2) is 0 Å². The number of hydrogen-bond donors (Lipinski definition) is 1. The summed E-state index contributed by atoms with van der Waals surface area (Å²) in [6.07, 6.45) is 2.42. The van der Waals surface area contributed by atoms with Crippen LogP contribution in [-0.4, -0.2) is 36.5 Å². The Labute approximate surface area is 79.5 Å². The molecule has 1 saturated heterocycles. The van der Waals surface area contributed by atoms with Crippen LogP contribution in [0.15, 0.2) is 0 Å². The summed E-state index contributed by atoms with van der Waals surface area (Å²) >= 11 is 0. The van der Waals surface area contributed by atoms with Crippen LogP contribution in [0, 0.1) is 5.41 Å². The van der Waals surface area contributed by atoms with E-state index in [4.69, 9.17) is 0 Å². The summed E-state index contributed by atoms with van der Waals surface area (Å²) in [6.45, 7) is 6.83. The van der Waals surface area contributed by atoms with Crippen LogP contribution >= 0.6 is 0 Å². The number of amides is 1. The molecule has 1 aliphatic heterocycles. The summed E-state index contributed by atoms with van der Waals surface area (Å²) in [6, 6.07) is 0.562. The van der Waals surface area contributed by atoms with Crippen molar-refractivity contribution in [1.82, 2.24) is 10.2 Å². The summed E-state index contributed by atoms with van der Waals surface area (Å²) in [5.74, 6) is 0.285. The van der Waals surface area contributed by atoms with Gasteiger partial charge in [0, 0.05) is 19.1 Å². The summed E-state index contributed by atoms with van der Waals surface area (Å²) in [5, 5.41) is 3.21. The molecule has 2 fully saturated rings. The summed E-state index contributed by atoms with van der Waals surface area (Å²) in [7, 11) is 0. The molecule has 0 spiro atoms. The first kappa shape index (κ1) is 9.00. The maximum Gasteiger partial charge on any atom is 0.236 e. The Kier molecular flexibility index (Phi) is 2.06. The van der Waals surface area contributed by atoms with Crippen LogP contribution in [0.2, 0.25) is 0 Å². The predicted octanol–water partition coefficient (Wildman–Crippen LogP) is 0.607. The van der Waals surface area contributed by atoms with Crippen LogP contribution in [0.1, 0.15) is 26.7 Å². The zero-order chi connectivity index (χ0) is 9.47. The van der Waals surface area contributed by atoms with Gasteiger partial charge in [0.15, 0.2) is 0 Å². The van der Waals surface area contributed by atoms with E-state index in [0.29, 0.717) is 12.6 Å². The first-order valence-electron chi connectivity index (χ1n) is 5.09. The van der Waals surface area contributed by atoms with Crippen molar-refractivity contribution >= 4 is 5.91 Å². The van der Waals surface area contributed by atoms with Crippen molar-refractivity contribution in [3.05, 3.63) is 0 Å². The lowest BCUT2D eigenvalue weighted by atomic mass is 9.93. The topological polar surface area (TPSA) is 32.3 Å². The van der Waals surface area contributed by atoms with E-state index in [0.717, 1.165) is 13.1 Å². The average molecular weight is 182 g/mol. The maximum atomic E-state index is 11.6. The monoisotopic (exact) mass is 182 g/mol. The van der Waals surface area contributed by atoms with Gasteiger partial charge < -0.3 is 10.2 Å². The van der Waals surface area contributed by atoms with E-state index in [2.05, 4.69) is 24.1 Å². The molecular weight excluding hydrogens is 164 g/mol. The highest BCUT2D eigenvalue weighted by Crippen LogP contribution is 2.30. The Morgan fingerprint density at radius 2 is 2.15 bits per heavy atom. The number of carbonyl (C=O) groups is 1. The van der Waals surface area contributed by atoms with E-state index in [-0.39, 0.29) is 11.3 Å². The standard InChI is InChI=1S/C10H18N2O/c1-10(2)6-11-5-9(13)12(7-10)8-3-4-8/h8,11H,3-7H2,1-2H3. The quantitative estimate of drug-likeness (QED) is 0.644. The van der Waals surface area contributed by atoms with Gasteiger partial charge in [0.1, 0.15) is 0 Å². The Morgan fingerprint density at radius 1 is 1.46 bits per heavy atom. The maximum absolute atomic E-state index is 11.6. The van der Waals surface area contributed by atoms with Crippen LogP contribution in [0.5, 0.6) is 0 Å². The van der Waals surface area contributed by atoms with Crippen LogP contribution in [-0.2, 0) is 4.79 Å². The highest BCUT2D eigenvalue weighted by atomic mass is 16.2. The highest BCUT2D eigenvalue weighted by molar-refractivity contribution is 5.79. The van der Waals surface area contributed by atoms with Crippen molar-refractivity contribution in [3.8, 4) is 0 Å². The summed E-state index contributed by atoms with van der Waals surface area (Å²) < 4.78 is 0. The van der Waals surface area contributed by atoms with Crippen molar-refractivity contribution in [2.75, 3.05) is 19.6 Å². The minimum Gasteiger partial charge on any atom is -0.338 e. The van der Waals surface area contributed by atoms with E-state index in [9.17, 15) is 4.79 Å². The molecule has 1 heterocycles. The fourth-order valence-corrected chi connectivity index (χ4v) is 1.93. The van der Waals surface area contributed by atoms with Crippen LogP contribution in [0.3, 0.4) is 0 Å². The van der Waals surface area contributed by atoms with Gasteiger partial charge in [-0.2, -0.15) is 0 Å². The van der Waals surface area contributed by atoms with Gasteiger partial charge >= 0.3 is 0 Å². The molecular formula is C10H18N2O. The molecule has 0 unspecified atom stereocenters. The SMILES string of the molecule is CC1(C)CNCC(=O)N(C2CC2)C1. The normalized spacial score (nSPS) is 28.8. The Balaban J connectivity index is 2.08.